The summed E-state index contributed by atoms with van der Waals surface area (Å²) in [5.74, 6) is -2.64. The number of nitrogens with two attached hydrogens (primary N) is 2. The lowest BCUT2D eigenvalue weighted by molar-refractivity contribution is -0.248. The van der Waals surface area contributed by atoms with Crippen LogP contribution in [0.15, 0.2) is 29.1 Å². The van der Waals surface area contributed by atoms with Gasteiger partial charge in [-0.1, -0.05) is 0 Å². The molecule has 1 aromatic heterocycles. The molecule has 4 rings (SSSR count). The van der Waals surface area contributed by atoms with E-state index >= 15 is 0 Å². The number of hydrogen-bond acceptors (Lipinski definition) is 15. The maximum Gasteiger partial charge on any atom is 0.326 e. The Morgan fingerprint density at radius 2 is 1.80 bits per heavy atom. The largest absolute Gasteiger partial charge is 0.481 e. The lowest BCUT2D eigenvalue weighted by Gasteiger charge is -2.38. The average Bonchev–Trinajstić information content (AvgIpc) is 2.99. The van der Waals surface area contributed by atoms with Gasteiger partial charge in [0.1, 0.15) is 30.0 Å². The zero-order valence-electron chi connectivity index (χ0n) is 23.2. The van der Waals surface area contributed by atoms with Gasteiger partial charge in [-0.05, 0) is 30.7 Å². The number of aliphatic hydroxyl groups excluding tert-OH is 4. The van der Waals surface area contributed by atoms with Gasteiger partial charge in [0.2, 0.25) is 5.95 Å². The number of anilines is 4. The third-order valence-corrected chi connectivity index (χ3v) is 6.70. The number of rotatable bonds is 10. The van der Waals surface area contributed by atoms with Gasteiger partial charge in [-0.25, -0.2) is 4.79 Å². The highest BCUT2D eigenvalue weighted by molar-refractivity contribution is 5.97. The molecule has 44 heavy (non-hydrogen) atoms. The topological polar surface area (TPSA) is 328 Å². The number of hydrogen-bond donors (Lipinski definition) is 13. The van der Waals surface area contributed by atoms with E-state index in [0.29, 0.717) is 30.3 Å². The second-order valence-corrected chi connectivity index (χ2v) is 9.96. The number of aliphatic carboxylic acids is 2. The third kappa shape index (κ3) is 8.99. The number of carboxylic acid groups (broad SMARTS) is 2. The number of H-pyrrole nitrogens is 1. The van der Waals surface area contributed by atoms with Gasteiger partial charge in [0.15, 0.2) is 12.1 Å². The average molecular weight is 625 g/mol. The maximum atomic E-state index is 12.3. The zero-order chi connectivity index (χ0) is 32.6. The number of carbonyl (C=O) groups excluding carboxylic acids is 1. The van der Waals surface area contributed by atoms with Crippen LogP contribution in [0.3, 0.4) is 0 Å². The van der Waals surface area contributed by atoms with Crippen LogP contribution in [0.2, 0.25) is 0 Å². The minimum Gasteiger partial charge on any atom is -0.481 e. The molecule has 2 aromatic rings. The monoisotopic (exact) mass is 624 g/mol. The molecule has 0 radical (unpaired) electrons. The number of fused-ring (bicyclic) bond motifs is 1. The van der Waals surface area contributed by atoms with Gasteiger partial charge >= 0.3 is 11.9 Å². The van der Waals surface area contributed by atoms with E-state index in [1.165, 1.54) is 12.1 Å². The Labute approximate surface area is 249 Å². The summed E-state index contributed by atoms with van der Waals surface area (Å²) in [5, 5.41) is 65.6. The molecule has 15 N–H and O–H groups in total. The Morgan fingerprint density at radius 1 is 1.11 bits per heavy atom. The summed E-state index contributed by atoms with van der Waals surface area (Å²) in [6, 6.07) is 3.89. The first kappa shape index (κ1) is 34.0. The molecule has 242 valence electrons. The van der Waals surface area contributed by atoms with Crippen molar-refractivity contribution in [2.45, 2.75) is 55.6 Å². The molecule has 7 atom stereocenters. The summed E-state index contributed by atoms with van der Waals surface area (Å²) < 4.78 is 4.70. The Morgan fingerprint density at radius 3 is 2.41 bits per heavy atom. The van der Waals surface area contributed by atoms with E-state index in [1.807, 2.05) is 0 Å². The molecular weight excluding hydrogens is 588 g/mol. The van der Waals surface area contributed by atoms with E-state index in [4.69, 9.17) is 36.6 Å². The predicted molar refractivity (Wildman–Crippen MR) is 154 cm³/mol. The number of ether oxygens (including phenoxy) is 1. The van der Waals surface area contributed by atoms with Crippen LogP contribution in [0.5, 0.6) is 0 Å². The second-order valence-electron chi connectivity index (χ2n) is 9.96. The third-order valence-electron chi connectivity index (χ3n) is 6.70. The van der Waals surface area contributed by atoms with Crippen molar-refractivity contribution in [3.05, 3.63) is 40.2 Å². The molecule has 0 aliphatic carbocycles. The minimum absolute atomic E-state index is 0.0281. The first-order chi connectivity index (χ1) is 20.8. The van der Waals surface area contributed by atoms with Gasteiger partial charge < -0.3 is 68.1 Å². The van der Waals surface area contributed by atoms with E-state index < -0.39 is 61.1 Å². The number of nitrogen functional groups attached to an aromatic ring is 1. The molecule has 19 heteroatoms. The van der Waals surface area contributed by atoms with Gasteiger partial charge in [-0.15, -0.1) is 0 Å². The highest BCUT2D eigenvalue weighted by atomic mass is 16.6. The standard InChI is InChI=1S/C19H23N7O6.C6H13NO5/c20-19-25-15-14(17(30)26-19)23-11(8-22-15)7-21-10-3-1-9(2-4-10)16(29)24-12(18(31)32)5-6-13(27)28;7-3-5(10)4(9)2(1-8)12-6(3)11/h1-4,11-12,21,23H,5-8H2,(H,24,29)(H,27,28)(H,31,32)(H4,20,22,25,26,30);2-6,8-11H,1,7H2/t11-,12-;2-,3-,4-,5-,6?/m01/s1. The number of nitrogens with one attached hydrogen (secondary N) is 5. The minimum atomic E-state index is -1.35. The van der Waals surface area contributed by atoms with Crippen LogP contribution >= 0.6 is 0 Å². The Balaban J connectivity index is 0.000000369. The van der Waals surface area contributed by atoms with Gasteiger partial charge in [0.05, 0.1) is 18.7 Å². The molecule has 0 spiro atoms. The predicted octanol–water partition coefficient (Wildman–Crippen LogP) is -3.54. The molecule has 2 aliphatic rings. The van der Waals surface area contributed by atoms with Crippen molar-refractivity contribution in [2.24, 2.45) is 5.73 Å². The molecule has 1 fully saturated rings. The van der Waals surface area contributed by atoms with E-state index in [1.54, 1.807) is 12.1 Å². The summed E-state index contributed by atoms with van der Waals surface area (Å²) in [5.41, 5.74) is 11.7. The molecule has 0 saturated carbocycles. The number of carboxylic acids is 2. The first-order valence-corrected chi connectivity index (χ1v) is 13.4. The molecule has 3 heterocycles. The molecule has 0 bridgehead atoms. The van der Waals surface area contributed by atoms with Crippen LogP contribution in [0.25, 0.3) is 0 Å². The highest BCUT2D eigenvalue weighted by Gasteiger charge is 2.41. The Bertz CT molecular complexity index is 1350. The Kier molecular flexibility index (Phi) is 11.8. The summed E-state index contributed by atoms with van der Waals surface area (Å²) in [7, 11) is 0. The zero-order valence-corrected chi connectivity index (χ0v) is 23.2. The fraction of sp³-hybridized carbons (Fsp3) is 0.480. The van der Waals surface area contributed by atoms with E-state index in [9.17, 15) is 29.4 Å². The number of aromatic nitrogens is 2. The number of benzene rings is 1. The van der Waals surface area contributed by atoms with Crippen molar-refractivity contribution in [3.8, 4) is 0 Å². The van der Waals surface area contributed by atoms with Crippen molar-refractivity contribution in [1.82, 2.24) is 15.3 Å². The second kappa shape index (κ2) is 15.3. The number of amides is 1. The molecule has 1 unspecified atom stereocenters. The molecule has 19 nitrogen and oxygen atoms in total. The normalized spacial score (nSPS) is 24.7. The fourth-order valence-electron chi connectivity index (χ4n) is 4.22. The van der Waals surface area contributed by atoms with Crippen LogP contribution in [0.1, 0.15) is 23.2 Å². The maximum absolute atomic E-state index is 12.3. The molecule has 1 saturated heterocycles. The van der Waals surface area contributed by atoms with E-state index in [0.717, 1.165) is 0 Å². The number of carbonyl (C=O) groups is 3. The van der Waals surface area contributed by atoms with Crippen LogP contribution < -0.4 is 38.3 Å². The van der Waals surface area contributed by atoms with Gasteiger partial charge in [-0.3, -0.25) is 19.4 Å². The van der Waals surface area contributed by atoms with E-state index in [2.05, 4.69) is 31.2 Å². The van der Waals surface area contributed by atoms with Crippen LogP contribution in [-0.4, -0.2) is 121 Å². The van der Waals surface area contributed by atoms with Crippen molar-refractivity contribution in [1.29, 1.82) is 0 Å². The van der Waals surface area contributed by atoms with E-state index in [-0.39, 0.29) is 36.0 Å². The molecule has 2 aliphatic heterocycles. The highest BCUT2D eigenvalue weighted by Crippen LogP contribution is 2.20. The Hall–Kier alpha value is -4.53. The quantitative estimate of drug-likeness (QED) is 0.122. The van der Waals surface area contributed by atoms with Crippen molar-refractivity contribution >= 4 is 41.0 Å². The number of aliphatic hydroxyl groups is 4. The lowest BCUT2D eigenvalue weighted by atomic mass is 9.98. The van der Waals surface area contributed by atoms with Crippen molar-refractivity contribution in [2.75, 3.05) is 41.4 Å². The van der Waals surface area contributed by atoms with Crippen molar-refractivity contribution < 1.29 is 49.8 Å². The molecule has 1 aromatic carbocycles. The first-order valence-electron chi connectivity index (χ1n) is 13.4. The lowest BCUT2D eigenvalue weighted by Crippen LogP contribution is -2.61. The van der Waals surface area contributed by atoms with Gasteiger partial charge in [0.25, 0.3) is 11.5 Å². The number of nitrogens with zero attached hydrogens (tertiary/aromatic N) is 1. The molecule has 1 amide bonds. The van der Waals surface area contributed by atoms with Crippen molar-refractivity contribution in [3.63, 3.8) is 0 Å². The number of aromatic amines is 1. The summed E-state index contributed by atoms with van der Waals surface area (Å²) >= 11 is 0. The summed E-state index contributed by atoms with van der Waals surface area (Å²) in [4.78, 5) is 52.6. The molecular formula is C25H36N8O11. The van der Waals surface area contributed by atoms with Gasteiger partial charge in [0, 0.05) is 30.8 Å². The fourth-order valence-corrected chi connectivity index (χ4v) is 4.22. The summed E-state index contributed by atoms with van der Waals surface area (Å²) in [6.07, 6.45) is -5.44. The SMILES string of the molecule is N[C@H]1C(O)O[C@H](CO)[C@@H](O)[C@@H]1O.Nc1nc2c(c(=O)[nH]1)N[C@@H](CNc1ccc(C(=O)N[C@@H](CCC(=O)O)C(=O)O)cc1)CN2. The van der Waals surface area contributed by atoms with Gasteiger partial charge in [-0.2, -0.15) is 4.98 Å². The smallest absolute Gasteiger partial charge is 0.326 e. The van der Waals surface area contributed by atoms with Crippen LogP contribution in [-0.2, 0) is 14.3 Å². The van der Waals surface area contributed by atoms with Crippen LogP contribution in [0, 0.1) is 0 Å². The van der Waals surface area contributed by atoms with Crippen LogP contribution in [0.4, 0.5) is 23.1 Å². The summed E-state index contributed by atoms with van der Waals surface area (Å²) in [6.45, 7) is 0.489.